The second kappa shape index (κ2) is 42.6. The summed E-state index contributed by atoms with van der Waals surface area (Å²) in [6.07, 6.45) is 2.10. The Morgan fingerprint density at radius 1 is 0.337 bits per heavy atom. The van der Waals surface area contributed by atoms with E-state index in [1.165, 1.54) is 0 Å². The lowest BCUT2D eigenvalue weighted by Gasteiger charge is -2.23. The molecule has 0 aliphatic carbocycles. The van der Waals surface area contributed by atoms with Crippen molar-refractivity contribution in [3.05, 3.63) is 270 Å². The molecule has 9 aromatic rings. The number of allylic oxidation sites excluding steroid dienone is 3. The molecule has 2 N–H and O–H groups in total. The van der Waals surface area contributed by atoms with Crippen molar-refractivity contribution in [1.82, 2.24) is 14.7 Å². The van der Waals surface area contributed by atoms with Gasteiger partial charge in [-0.15, -0.1) is 0 Å². The Labute approximate surface area is 615 Å². The van der Waals surface area contributed by atoms with E-state index in [0.29, 0.717) is 73.0 Å². The lowest BCUT2D eigenvalue weighted by Crippen LogP contribution is -2.28. The number of rotatable bonds is 33. The van der Waals surface area contributed by atoms with E-state index in [9.17, 15) is 19.5 Å². The third kappa shape index (κ3) is 24.7. The molecule has 0 spiro atoms. The van der Waals surface area contributed by atoms with Gasteiger partial charge < -0.3 is 68.1 Å². The van der Waals surface area contributed by atoms with Crippen molar-refractivity contribution in [2.24, 2.45) is 0 Å². The summed E-state index contributed by atoms with van der Waals surface area (Å²) in [5, 5.41) is 12.8. The van der Waals surface area contributed by atoms with Crippen LogP contribution in [0.3, 0.4) is 0 Å². The summed E-state index contributed by atoms with van der Waals surface area (Å²) >= 11 is 0. The molecular weight excluding hydrogens is 1300 g/mol. The molecular formula is C87H102N6O11. The largest absolute Gasteiger partial charge is 0.508 e. The quantitative estimate of drug-likeness (QED) is 0.0227. The second-order valence-electron chi connectivity index (χ2n) is 25.1. The van der Waals surface area contributed by atoms with E-state index in [0.717, 1.165) is 98.4 Å². The fourth-order valence-electron chi connectivity index (χ4n) is 11.1. The van der Waals surface area contributed by atoms with Crippen molar-refractivity contribution in [2.45, 2.75) is 40.0 Å². The van der Waals surface area contributed by atoms with Gasteiger partial charge in [0, 0.05) is 65.0 Å². The van der Waals surface area contributed by atoms with Gasteiger partial charge in [0.15, 0.2) is 13.6 Å². The highest BCUT2D eigenvalue weighted by molar-refractivity contribution is 6.33. The SMILES string of the molecule is CC/C(=C(\C(=O)N(C)c1ccc(OCCN(C)C)cc1)c1ccc(O)cc1)c1ccccc1.CC/C(=C(\C(=O)N(C)c1ccc(OCCN(C)C)cc1)c1ccc(OCOC)cc1)c1ccccc1.CC/C(=C(\C(=O)Nc1ccc(OCCN(C)C)cc1)c1ccc(OCOC)cc1)c1ccccc1. The molecule has 546 valence electrons. The topological polar surface area (TPSA) is 164 Å². The fourth-order valence-corrected chi connectivity index (χ4v) is 11.1. The number of methoxy groups -OCH3 is 2. The maximum atomic E-state index is 14.0. The van der Waals surface area contributed by atoms with E-state index in [4.69, 9.17) is 33.2 Å². The average Bonchev–Trinajstić information content (AvgIpc) is 0.810. The van der Waals surface area contributed by atoms with Crippen molar-refractivity contribution in [1.29, 1.82) is 0 Å². The fraction of sp³-hybridized carbons (Fsp3) is 0.276. The van der Waals surface area contributed by atoms with Gasteiger partial charge in [0.25, 0.3) is 17.7 Å². The molecule has 9 rings (SSSR count). The van der Waals surface area contributed by atoms with Crippen LogP contribution in [0.1, 0.15) is 73.4 Å². The first kappa shape index (κ1) is 80.5. The number of hydrogen-bond donors (Lipinski definition) is 2. The second-order valence-corrected chi connectivity index (χ2v) is 25.1. The number of carbonyl (C=O) groups is 3. The van der Waals surface area contributed by atoms with Gasteiger partial charge in [-0.05, 0) is 221 Å². The van der Waals surface area contributed by atoms with Crippen LogP contribution in [0, 0.1) is 0 Å². The third-order valence-electron chi connectivity index (χ3n) is 16.7. The normalized spacial score (nSPS) is 11.7. The molecule has 0 atom stereocenters. The van der Waals surface area contributed by atoms with Crippen molar-refractivity contribution in [3.8, 4) is 34.5 Å². The summed E-state index contributed by atoms with van der Waals surface area (Å²) in [5.41, 5.74) is 12.6. The lowest BCUT2D eigenvalue weighted by atomic mass is 9.91. The molecule has 0 heterocycles. The molecule has 9 aromatic carbocycles. The minimum absolute atomic E-state index is 0.0810. The van der Waals surface area contributed by atoms with Crippen LogP contribution in [0.2, 0.25) is 0 Å². The summed E-state index contributed by atoms with van der Waals surface area (Å²) in [7, 11) is 18.8. The van der Waals surface area contributed by atoms with Gasteiger partial charge in [-0.2, -0.15) is 0 Å². The number of carbonyl (C=O) groups excluding carboxylic acids is 3. The highest BCUT2D eigenvalue weighted by Crippen LogP contribution is 2.37. The zero-order valence-corrected chi connectivity index (χ0v) is 62.6. The molecule has 17 heteroatoms. The Kier molecular flexibility index (Phi) is 33.0. The van der Waals surface area contributed by atoms with E-state index in [-0.39, 0.29) is 37.1 Å². The average molecular weight is 1410 g/mol. The highest BCUT2D eigenvalue weighted by atomic mass is 16.7. The van der Waals surface area contributed by atoms with E-state index in [1.54, 1.807) is 62.4 Å². The minimum atomic E-state index is -0.169. The van der Waals surface area contributed by atoms with Crippen LogP contribution in [0.15, 0.2) is 237 Å². The van der Waals surface area contributed by atoms with Gasteiger partial charge >= 0.3 is 0 Å². The lowest BCUT2D eigenvalue weighted by molar-refractivity contribution is -0.113. The summed E-state index contributed by atoms with van der Waals surface area (Å²) < 4.78 is 38.4. The molecule has 0 saturated heterocycles. The van der Waals surface area contributed by atoms with Gasteiger partial charge in [0.05, 0.1) is 16.7 Å². The number of amides is 3. The predicted molar refractivity (Wildman–Crippen MR) is 424 cm³/mol. The van der Waals surface area contributed by atoms with E-state index >= 15 is 0 Å². The Morgan fingerprint density at radius 2 is 0.615 bits per heavy atom. The van der Waals surface area contributed by atoms with E-state index in [1.807, 2.05) is 255 Å². The number of nitrogens with zero attached hydrogens (tertiary/aromatic N) is 5. The molecule has 0 saturated carbocycles. The van der Waals surface area contributed by atoms with Crippen LogP contribution >= 0.6 is 0 Å². The Hall–Kier alpha value is -10.8. The van der Waals surface area contributed by atoms with Gasteiger partial charge in [0.1, 0.15) is 54.3 Å². The monoisotopic (exact) mass is 1410 g/mol. The number of aromatic hydroxyl groups is 1. The maximum absolute atomic E-state index is 14.0. The molecule has 17 nitrogen and oxygen atoms in total. The zero-order valence-electron chi connectivity index (χ0n) is 62.6. The summed E-state index contributed by atoms with van der Waals surface area (Å²) in [4.78, 5) is 51.0. The van der Waals surface area contributed by atoms with Crippen LogP contribution in [0.5, 0.6) is 34.5 Å². The van der Waals surface area contributed by atoms with Crippen LogP contribution in [0.25, 0.3) is 33.4 Å². The molecule has 104 heavy (non-hydrogen) atoms. The number of phenols is 1. The number of anilines is 3. The molecule has 0 aliphatic heterocycles. The molecule has 0 unspecified atom stereocenters. The summed E-state index contributed by atoms with van der Waals surface area (Å²) in [6.45, 7) is 10.8. The first-order valence-electron chi connectivity index (χ1n) is 35.0. The summed E-state index contributed by atoms with van der Waals surface area (Å²) in [5.74, 6) is 3.49. The van der Waals surface area contributed by atoms with Crippen molar-refractivity contribution >= 4 is 68.2 Å². The standard InChI is InChI=1S/C30H36N2O4.C29H34N2O4.C28H32N2O3/c1-6-28(23-10-8-7-9-11-23)29(24-12-16-27(17-13-24)36-22-34-5)30(33)32(4)25-14-18-26(19-15-25)35-21-20-31(2)3;1-5-27(22-9-7-6-8-10-22)28(23-11-15-26(16-12-23)35-21-33-4)29(32)30-24-13-17-25(18-14-24)34-20-19-31(2)3;1-5-26(21-9-7-6-8-10-21)27(22-11-15-24(31)16-12-22)28(32)30(4)23-13-17-25(18-14-23)33-20-19-29(2)3/h7-19H,6,20-22H2,1-5H3;6-18H,5,19-21H2,1-4H3,(H,30,32);6-18,31H,5,19-20H2,1-4H3/b29-28+;28-27+;27-26+. The predicted octanol–water partition coefficient (Wildman–Crippen LogP) is 16.5. The third-order valence-corrected chi connectivity index (χ3v) is 16.7. The molecule has 0 radical (unpaired) electrons. The number of ether oxygens (including phenoxy) is 7. The maximum Gasteiger partial charge on any atom is 0.258 e. The first-order chi connectivity index (χ1) is 50.4. The Bertz CT molecular complexity index is 4150. The Morgan fingerprint density at radius 3 is 0.923 bits per heavy atom. The number of phenolic OH excluding ortho intramolecular Hbond substituents is 1. The van der Waals surface area contributed by atoms with Crippen molar-refractivity contribution < 1.29 is 52.6 Å². The molecule has 0 fully saturated rings. The van der Waals surface area contributed by atoms with Crippen LogP contribution in [-0.4, -0.2) is 161 Å². The van der Waals surface area contributed by atoms with Crippen molar-refractivity contribution in [2.75, 3.05) is 139 Å². The van der Waals surface area contributed by atoms with Crippen molar-refractivity contribution in [3.63, 3.8) is 0 Å². The van der Waals surface area contributed by atoms with Crippen LogP contribution < -0.4 is 38.8 Å². The smallest absolute Gasteiger partial charge is 0.258 e. The zero-order chi connectivity index (χ0) is 74.8. The number of likely N-dealkylation sites (N-methyl/N-ethyl adjacent to an activating group) is 5. The molecule has 3 amide bonds. The molecule has 0 bridgehead atoms. The van der Waals surface area contributed by atoms with Gasteiger partial charge in [-0.25, -0.2) is 0 Å². The first-order valence-corrected chi connectivity index (χ1v) is 35.0. The van der Waals surface area contributed by atoms with E-state index < -0.39 is 0 Å². The van der Waals surface area contributed by atoms with E-state index in [2.05, 4.69) is 40.8 Å². The van der Waals surface area contributed by atoms with Crippen LogP contribution in [-0.2, 0) is 23.9 Å². The van der Waals surface area contributed by atoms with Gasteiger partial charge in [-0.3, -0.25) is 14.4 Å². The number of hydrogen-bond acceptors (Lipinski definition) is 14. The van der Waals surface area contributed by atoms with Gasteiger partial charge in [-0.1, -0.05) is 148 Å². The molecule has 0 aliphatic rings. The van der Waals surface area contributed by atoms with Gasteiger partial charge in [0.2, 0.25) is 0 Å². The minimum Gasteiger partial charge on any atom is -0.508 e. The summed E-state index contributed by atoms with van der Waals surface area (Å²) in [6, 6.07) is 74.5. The molecule has 0 aromatic heterocycles. The number of nitrogens with one attached hydrogen (secondary N) is 1. The number of benzene rings is 9. The highest BCUT2D eigenvalue weighted by Gasteiger charge is 2.26. The Balaban J connectivity index is 0.000000218. The van der Waals surface area contributed by atoms with Crippen LogP contribution in [0.4, 0.5) is 17.1 Å².